The lowest BCUT2D eigenvalue weighted by Gasteiger charge is -2.12. The van der Waals surface area contributed by atoms with Crippen LogP contribution in [0.5, 0.6) is 5.75 Å². The Balaban J connectivity index is 2.04. The maximum atomic E-state index is 11.2. The fourth-order valence-corrected chi connectivity index (χ4v) is 3.14. The molecule has 0 fully saturated rings. The minimum atomic E-state index is -0.250. The zero-order valence-electron chi connectivity index (χ0n) is 12.4. The number of benzene rings is 2. The van der Waals surface area contributed by atoms with Crippen LogP contribution in [0.3, 0.4) is 0 Å². The van der Waals surface area contributed by atoms with Gasteiger partial charge in [-0.2, -0.15) is 0 Å². The number of hydrogen-bond acceptors (Lipinski definition) is 3. The second kappa shape index (κ2) is 8.57. The smallest absolute Gasteiger partial charge is 0.305 e. The van der Waals surface area contributed by atoms with Gasteiger partial charge in [0.2, 0.25) is 0 Å². The van der Waals surface area contributed by atoms with Gasteiger partial charge < -0.3 is 9.47 Å². The molecule has 2 aromatic rings. The predicted octanol–water partition coefficient (Wildman–Crippen LogP) is 5.44. The van der Waals surface area contributed by atoms with Gasteiger partial charge in [0.25, 0.3) is 0 Å². The van der Waals surface area contributed by atoms with Gasteiger partial charge in [-0.3, -0.25) is 4.79 Å². The number of rotatable bonds is 6. The van der Waals surface area contributed by atoms with Crippen molar-refractivity contribution in [3.63, 3.8) is 0 Å². The van der Waals surface area contributed by atoms with Gasteiger partial charge in [0.1, 0.15) is 6.61 Å². The van der Waals surface area contributed by atoms with Crippen molar-refractivity contribution < 1.29 is 14.3 Å². The third-order valence-corrected chi connectivity index (χ3v) is 4.32. The van der Waals surface area contributed by atoms with Crippen LogP contribution in [-0.4, -0.2) is 13.1 Å². The number of aryl methyl sites for hydroxylation is 1. The van der Waals surface area contributed by atoms with E-state index in [1.807, 2.05) is 30.3 Å². The predicted molar refractivity (Wildman–Crippen MR) is 95.3 cm³/mol. The highest BCUT2D eigenvalue weighted by Gasteiger charge is 2.11. The summed E-state index contributed by atoms with van der Waals surface area (Å²) >= 11 is 15.6. The number of carbonyl (C=O) groups excluding carboxylic acids is 1. The Morgan fingerprint density at radius 1 is 1.13 bits per heavy atom. The summed E-state index contributed by atoms with van der Waals surface area (Å²) in [5.74, 6) is 0.323. The van der Waals surface area contributed by atoms with E-state index in [9.17, 15) is 4.79 Å². The quantitative estimate of drug-likeness (QED) is 0.587. The molecule has 0 aromatic heterocycles. The highest BCUT2D eigenvalue weighted by atomic mass is 79.9. The Morgan fingerprint density at radius 2 is 1.83 bits per heavy atom. The molecule has 0 N–H and O–H groups in total. The lowest BCUT2D eigenvalue weighted by molar-refractivity contribution is -0.140. The van der Waals surface area contributed by atoms with Crippen LogP contribution in [0.4, 0.5) is 0 Å². The van der Waals surface area contributed by atoms with E-state index >= 15 is 0 Å². The van der Waals surface area contributed by atoms with Gasteiger partial charge in [0.05, 0.1) is 16.6 Å². The van der Waals surface area contributed by atoms with Gasteiger partial charge in [-0.25, -0.2) is 0 Å². The number of hydrogen-bond donors (Lipinski definition) is 0. The summed E-state index contributed by atoms with van der Waals surface area (Å²) in [6, 6.07) is 11.1. The van der Waals surface area contributed by atoms with Crippen LogP contribution < -0.4 is 4.74 Å². The molecule has 2 rings (SSSR count). The average Bonchev–Trinajstić information content (AvgIpc) is 2.53. The second-order valence-corrected chi connectivity index (χ2v) is 6.58. The highest BCUT2D eigenvalue weighted by Crippen LogP contribution is 2.35. The second-order valence-electron chi connectivity index (χ2n) is 4.88. The molecule has 0 aliphatic heterocycles. The van der Waals surface area contributed by atoms with Crippen LogP contribution in [0, 0.1) is 0 Å². The average molecular weight is 418 g/mol. The van der Waals surface area contributed by atoms with E-state index in [0.717, 1.165) is 15.6 Å². The Bertz CT molecular complexity index is 664. The summed E-state index contributed by atoms with van der Waals surface area (Å²) < 4.78 is 11.2. The number of ether oxygens (including phenoxy) is 2. The van der Waals surface area contributed by atoms with Gasteiger partial charge in [-0.1, -0.05) is 35.3 Å². The molecule has 0 amide bonds. The van der Waals surface area contributed by atoms with Gasteiger partial charge in [0, 0.05) is 11.4 Å². The first-order valence-corrected chi connectivity index (χ1v) is 8.46. The number of carbonyl (C=O) groups is 1. The fraction of sp³-hybridized carbons (Fsp3) is 0.235. The molecule has 0 bridgehead atoms. The standard InChI is InChI=1S/C17H15BrCl2O3/c1-22-16(21)7-4-12-8-14(18)17(15(20)9-12)23-10-11-2-5-13(19)6-3-11/h2-3,5-6,8-9H,4,7,10H2,1H3. The minimum absolute atomic E-state index is 0.250. The lowest BCUT2D eigenvalue weighted by Crippen LogP contribution is -2.02. The molecule has 6 heteroatoms. The number of halogens is 3. The molecule has 0 heterocycles. The van der Waals surface area contributed by atoms with E-state index in [-0.39, 0.29) is 5.97 Å². The van der Waals surface area contributed by atoms with Crippen molar-refractivity contribution in [2.75, 3.05) is 7.11 Å². The maximum absolute atomic E-state index is 11.2. The van der Waals surface area contributed by atoms with Gasteiger partial charge >= 0.3 is 5.97 Å². The molecule has 23 heavy (non-hydrogen) atoms. The summed E-state index contributed by atoms with van der Waals surface area (Å²) in [6.45, 7) is 0.386. The molecule has 0 aliphatic carbocycles. The fourth-order valence-electron chi connectivity index (χ4n) is 1.98. The normalized spacial score (nSPS) is 10.4. The van der Waals surface area contributed by atoms with Crippen LogP contribution in [-0.2, 0) is 22.6 Å². The summed E-state index contributed by atoms with van der Waals surface area (Å²) in [4.78, 5) is 11.2. The van der Waals surface area contributed by atoms with E-state index in [1.165, 1.54) is 7.11 Å². The van der Waals surface area contributed by atoms with E-state index in [4.69, 9.17) is 27.9 Å². The molecule has 0 spiro atoms. The van der Waals surface area contributed by atoms with Crippen molar-refractivity contribution >= 4 is 45.1 Å². The number of methoxy groups -OCH3 is 1. The van der Waals surface area contributed by atoms with Crippen LogP contribution in [0.1, 0.15) is 17.5 Å². The van der Waals surface area contributed by atoms with Crippen LogP contribution in [0.25, 0.3) is 0 Å². The van der Waals surface area contributed by atoms with Crippen LogP contribution in [0.15, 0.2) is 40.9 Å². The largest absolute Gasteiger partial charge is 0.486 e. The zero-order chi connectivity index (χ0) is 16.8. The van der Waals surface area contributed by atoms with Gasteiger partial charge in [-0.15, -0.1) is 0 Å². The molecule has 0 saturated carbocycles. The van der Waals surface area contributed by atoms with E-state index < -0.39 is 0 Å². The maximum Gasteiger partial charge on any atom is 0.305 e. The topological polar surface area (TPSA) is 35.5 Å². The van der Waals surface area contributed by atoms with Crippen molar-refractivity contribution in [2.24, 2.45) is 0 Å². The SMILES string of the molecule is COC(=O)CCc1cc(Cl)c(OCc2ccc(Cl)cc2)c(Br)c1. The summed E-state index contributed by atoms with van der Waals surface area (Å²) in [5, 5.41) is 1.18. The molecular weight excluding hydrogens is 403 g/mol. The summed E-state index contributed by atoms with van der Waals surface area (Å²) in [7, 11) is 1.37. The molecule has 2 aromatic carbocycles. The van der Waals surface area contributed by atoms with E-state index in [1.54, 1.807) is 6.07 Å². The molecule has 0 unspecified atom stereocenters. The van der Waals surface area contributed by atoms with E-state index in [0.29, 0.717) is 35.2 Å². The third-order valence-electron chi connectivity index (χ3n) is 3.20. The zero-order valence-corrected chi connectivity index (χ0v) is 15.5. The Hall–Kier alpha value is -1.23. The molecule has 122 valence electrons. The van der Waals surface area contributed by atoms with Gasteiger partial charge in [-0.05, 0) is 57.7 Å². The molecule has 0 radical (unpaired) electrons. The Kier molecular flexibility index (Phi) is 6.75. The summed E-state index contributed by atoms with van der Waals surface area (Å²) in [5.41, 5.74) is 1.93. The van der Waals surface area contributed by atoms with Crippen LogP contribution in [0.2, 0.25) is 10.0 Å². The van der Waals surface area contributed by atoms with Crippen molar-refractivity contribution in [3.8, 4) is 5.75 Å². The Morgan fingerprint density at radius 3 is 2.43 bits per heavy atom. The van der Waals surface area contributed by atoms with Gasteiger partial charge in [0.15, 0.2) is 5.75 Å². The molecule has 3 nitrogen and oxygen atoms in total. The molecule has 0 aliphatic rings. The van der Waals surface area contributed by atoms with Crippen molar-refractivity contribution in [1.82, 2.24) is 0 Å². The molecule has 0 atom stereocenters. The summed E-state index contributed by atoms with van der Waals surface area (Å²) in [6.07, 6.45) is 0.868. The Labute approximate surface area is 153 Å². The molecule has 0 saturated heterocycles. The van der Waals surface area contributed by atoms with Crippen LogP contribution >= 0.6 is 39.1 Å². The highest BCUT2D eigenvalue weighted by molar-refractivity contribution is 9.10. The van der Waals surface area contributed by atoms with Crippen molar-refractivity contribution in [2.45, 2.75) is 19.4 Å². The van der Waals surface area contributed by atoms with Crippen molar-refractivity contribution in [3.05, 3.63) is 62.0 Å². The number of esters is 1. The lowest BCUT2D eigenvalue weighted by atomic mass is 10.1. The first kappa shape index (κ1) is 18.1. The first-order chi connectivity index (χ1) is 11.0. The van der Waals surface area contributed by atoms with Crippen molar-refractivity contribution in [1.29, 1.82) is 0 Å². The molecular formula is C17H15BrCl2O3. The minimum Gasteiger partial charge on any atom is -0.486 e. The third kappa shape index (κ3) is 5.41. The first-order valence-electron chi connectivity index (χ1n) is 6.91. The monoisotopic (exact) mass is 416 g/mol. The van der Waals surface area contributed by atoms with E-state index in [2.05, 4.69) is 20.7 Å².